The van der Waals surface area contributed by atoms with Gasteiger partial charge < -0.3 is 59.4 Å². The van der Waals surface area contributed by atoms with Crippen LogP contribution in [0.25, 0.3) is 0 Å². The van der Waals surface area contributed by atoms with Crippen LogP contribution >= 0.6 is 0 Å². The second-order valence-corrected chi connectivity index (χ2v) is 7.03. The van der Waals surface area contributed by atoms with Gasteiger partial charge in [0.25, 0.3) is 0 Å². The van der Waals surface area contributed by atoms with Crippen LogP contribution in [0.5, 0.6) is 0 Å². The van der Waals surface area contributed by atoms with Crippen molar-refractivity contribution >= 4 is 5.97 Å². The van der Waals surface area contributed by atoms with Crippen LogP contribution in [-0.4, -0.2) is 130 Å². The van der Waals surface area contributed by atoms with E-state index >= 15 is 0 Å². The molecule has 0 aromatic heterocycles. The zero-order valence-corrected chi connectivity index (χ0v) is 16.4. The molecule has 3 unspecified atom stereocenters. The lowest BCUT2D eigenvalue weighted by Gasteiger charge is -2.43. The Morgan fingerprint density at radius 2 is 1.67 bits per heavy atom. The van der Waals surface area contributed by atoms with Gasteiger partial charge in [-0.3, -0.25) is 4.79 Å². The first-order chi connectivity index (χ1) is 14.2. The fraction of sp³-hybridized carbons (Fsp3) is 0.941. The lowest BCUT2D eigenvalue weighted by Crippen LogP contribution is -2.62. The highest BCUT2D eigenvalue weighted by molar-refractivity contribution is 5.68. The predicted octanol–water partition coefficient (Wildman–Crippen LogP) is -4.42. The van der Waals surface area contributed by atoms with Crippen molar-refractivity contribution in [1.29, 1.82) is 0 Å². The normalized spacial score (nSPS) is 41.7. The fourth-order valence-corrected chi connectivity index (χ4v) is 3.13. The summed E-state index contributed by atoms with van der Waals surface area (Å²) in [5.41, 5.74) is 0. The van der Waals surface area contributed by atoms with Crippen molar-refractivity contribution in [2.24, 2.45) is 0 Å². The molecule has 13 heteroatoms. The number of rotatable bonds is 10. The molecule has 13 nitrogen and oxygen atoms in total. The SMILES string of the molecule is CCC(=O)OCCOC[C@H]1O[C@@](CO)(O[C@H]2OC(CO)[C@@H](O)[C@H](O)C2O)[C@H](O)C1O. The van der Waals surface area contributed by atoms with E-state index in [0.717, 1.165) is 0 Å². The maximum Gasteiger partial charge on any atom is 0.305 e. The van der Waals surface area contributed by atoms with E-state index in [1.165, 1.54) is 0 Å². The monoisotopic (exact) mass is 442 g/mol. The summed E-state index contributed by atoms with van der Waals surface area (Å²) in [6.45, 7) is -0.315. The van der Waals surface area contributed by atoms with E-state index in [-0.39, 0.29) is 26.2 Å². The maximum absolute atomic E-state index is 11.1. The Kier molecular flexibility index (Phi) is 9.32. The van der Waals surface area contributed by atoms with Gasteiger partial charge in [0.1, 0.15) is 55.9 Å². The van der Waals surface area contributed by atoms with Crippen LogP contribution in [0.15, 0.2) is 0 Å². The Bertz CT molecular complexity index is 546. The van der Waals surface area contributed by atoms with Gasteiger partial charge in [0.2, 0.25) is 5.79 Å². The molecule has 2 rings (SSSR count). The van der Waals surface area contributed by atoms with Gasteiger partial charge in [-0.2, -0.15) is 0 Å². The Morgan fingerprint density at radius 3 is 2.27 bits per heavy atom. The van der Waals surface area contributed by atoms with Gasteiger partial charge in [-0.05, 0) is 0 Å². The van der Waals surface area contributed by atoms with E-state index in [4.69, 9.17) is 23.7 Å². The summed E-state index contributed by atoms with van der Waals surface area (Å²) in [6.07, 6.45) is -12.4. The molecule has 0 aromatic rings. The molecular weight excluding hydrogens is 412 g/mol. The lowest BCUT2D eigenvalue weighted by atomic mass is 9.99. The predicted molar refractivity (Wildman–Crippen MR) is 93.6 cm³/mol. The molecule has 7 N–H and O–H groups in total. The van der Waals surface area contributed by atoms with Gasteiger partial charge in [0.15, 0.2) is 6.29 Å². The van der Waals surface area contributed by atoms with Crippen molar-refractivity contribution in [3.05, 3.63) is 0 Å². The molecule has 0 bridgehead atoms. The topological polar surface area (TPSA) is 205 Å². The van der Waals surface area contributed by atoms with Gasteiger partial charge in [0.05, 0.1) is 19.8 Å². The number of carbonyl (C=O) groups is 1. The number of hydrogen-bond donors (Lipinski definition) is 7. The summed E-state index contributed by atoms with van der Waals surface area (Å²) >= 11 is 0. The first-order valence-corrected chi connectivity index (χ1v) is 9.57. The minimum atomic E-state index is -2.24. The van der Waals surface area contributed by atoms with Crippen molar-refractivity contribution < 1.29 is 64.2 Å². The van der Waals surface area contributed by atoms with Crippen LogP contribution in [0.4, 0.5) is 0 Å². The van der Waals surface area contributed by atoms with E-state index < -0.39 is 74.0 Å². The van der Waals surface area contributed by atoms with Crippen LogP contribution in [0.3, 0.4) is 0 Å². The third-order valence-electron chi connectivity index (χ3n) is 4.95. The first kappa shape index (κ1) is 25.3. The van der Waals surface area contributed by atoms with Gasteiger partial charge in [-0.1, -0.05) is 6.92 Å². The molecule has 2 aliphatic heterocycles. The standard InChI is InChI=1S/C17H30O13/c1-2-10(20)27-4-3-26-6-9-12(22)15(25)17(7-19,29-9)30-16-14(24)13(23)11(21)8(5-18)28-16/h8-9,11-16,18-19,21-25H,2-7H2,1H3/t8?,9-,11-,12?,13+,14?,15-,16-,17+/m1/s1. The van der Waals surface area contributed by atoms with Crippen LogP contribution in [0.1, 0.15) is 13.3 Å². The van der Waals surface area contributed by atoms with E-state index in [0.29, 0.717) is 0 Å². The molecule has 2 saturated heterocycles. The fourth-order valence-electron chi connectivity index (χ4n) is 3.13. The third-order valence-corrected chi connectivity index (χ3v) is 4.95. The number of esters is 1. The highest BCUT2D eigenvalue weighted by atomic mass is 16.8. The van der Waals surface area contributed by atoms with E-state index in [9.17, 15) is 40.5 Å². The smallest absolute Gasteiger partial charge is 0.305 e. The molecule has 30 heavy (non-hydrogen) atoms. The van der Waals surface area contributed by atoms with Crippen molar-refractivity contribution in [2.75, 3.05) is 33.0 Å². The molecule has 2 aliphatic rings. The number of hydrogen-bond acceptors (Lipinski definition) is 13. The van der Waals surface area contributed by atoms with Gasteiger partial charge in [-0.15, -0.1) is 0 Å². The molecule has 0 aliphatic carbocycles. The summed E-state index contributed by atoms with van der Waals surface area (Å²) in [5.74, 6) is -2.64. The summed E-state index contributed by atoms with van der Waals surface area (Å²) in [4.78, 5) is 11.1. The molecule has 2 heterocycles. The van der Waals surface area contributed by atoms with Crippen molar-refractivity contribution in [3.63, 3.8) is 0 Å². The second-order valence-electron chi connectivity index (χ2n) is 7.03. The number of ether oxygens (including phenoxy) is 5. The van der Waals surface area contributed by atoms with Crippen LogP contribution in [0, 0.1) is 0 Å². The summed E-state index contributed by atoms with van der Waals surface area (Å²) in [6, 6.07) is 0. The van der Waals surface area contributed by atoms with E-state index in [1.54, 1.807) is 6.92 Å². The Balaban J connectivity index is 1.97. The zero-order valence-electron chi connectivity index (χ0n) is 16.4. The molecule has 9 atom stereocenters. The maximum atomic E-state index is 11.1. The summed E-state index contributed by atoms with van der Waals surface area (Å²) in [5, 5.41) is 69.3. The van der Waals surface area contributed by atoms with Crippen molar-refractivity contribution in [1.82, 2.24) is 0 Å². The quantitative estimate of drug-likeness (QED) is 0.126. The Morgan fingerprint density at radius 1 is 0.967 bits per heavy atom. The third kappa shape index (κ3) is 5.44. The molecule has 2 fully saturated rings. The molecule has 0 saturated carbocycles. The first-order valence-electron chi connectivity index (χ1n) is 9.57. The average molecular weight is 442 g/mol. The number of carbonyl (C=O) groups excluding carboxylic acids is 1. The molecule has 0 spiro atoms. The Labute approximate surface area is 172 Å². The van der Waals surface area contributed by atoms with Gasteiger partial charge in [-0.25, -0.2) is 0 Å². The van der Waals surface area contributed by atoms with Gasteiger partial charge in [0, 0.05) is 6.42 Å². The summed E-state index contributed by atoms with van der Waals surface area (Å²) in [7, 11) is 0. The minimum absolute atomic E-state index is 0.00584. The molecular formula is C17H30O13. The van der Waals surface area contributed by atoms with E-state index in [1.807, 2.05) is 0 Å². The molecule has 0 amide bonds. The molecule has 0 radical (unpaired) electrons. The molecule has 0 aromatic carbocycles. The van der Waals surface area contributed by atoms with Crippen LogP contribution in [0.2, 0.25) is 0 Å². The highest BCUT2D eigenvalue weighted by Crippen LogP contribution is 2.36. The Hall–Kier alpha value is -0.970. The zero-order chi connectivity index (χ0) is 22.5. The highest BCUT2D eigenvalue weighted by Gasteiger charge is 2.58. The van der Waals surface area contributed by atoms with E-state index in [2.05, 4.69) is 0 Å². The van der Waals surface area contributed by atoms with Crippen LogP contribution in [-0.2, 0) is 28.5 Å². The average Bonchev–Trinajstić information content (AvgIpc) is 2.98. The largest absolute Gasteiger partial charge is 0.463 e. The number of aliphatic hydroxyl groups is 7. The number of aliphatic hydroxyl groups excluding tert-OH is 7. The second kappa shape index (κ2) is 11.1. The minimum Gasteiger partial charge on any atom is -0.463 e. The van der Waals surface area contributed by atoms with Crippen molar-refractivity contribution in [3.8, 4) is 0 Å². The molecule has 176 valence electrons. The van der Waals surface area contributed by atoms with Gasteiger partial charge >= 0.3 is 5.97 Å². The summed E-state index contributed by atoms with van der Waals surface area (Å²) < 4.78 is 26.1. The lowest BCUT2D eigenvalue weighted by molar-refractivity contribution is -0.383. The van der Waals surface area contributed by atoms with Crippen molar-refractivity contribution in [2.45, 2.75) is 68.1 Å². The van der Waals surface area contributed by atoms with Crippen LogP contribution < -0.4 is 0 Å².